The Labute approximate surface area is 217 Å². The van der Waals surface area contributed by atoms with Crippen molar-refractivity contribution in [2.75, 3.05) is 28.2 Å². The molecule has 0 radical (unpaired) electrons. The number of fused-ring (bicyclic) bond motifs is 1. The van der Waals surface area contributed by atoms with Gasteiger partial charge in [-0.05, 0) is 50.8 Å². The van der Waals surface area contributed by atoms with Crippen molar-refractivity contribution >= 4 is 43.1 Å². The predicted molar refractivity (Wildman–Crippen MR) is 145 cm³/mol. The minimum Gasteiger partial charge on any atom is -0.504 e. The lowest BCUT2D eigenvalue weighted by Crippen LogP contribution is -2.42. The molecule has 0 saturated carbocycles. The summed E-state index contributed by atoms with van der Waals surface area (Å²) in [7, 11) is -6.29. The first-order valence-electron chi connectivity index (χ1n) is 11.5. The van der Waals surface area contributed by atoms with Crippen molar-refractivity contribution in [3.8, 4) is 5.75 Å². The number of hydrogen-bond acceptors (Lipinski definition) is 9. The van der Waals surface area contributed by atoms with E-state index in [0.29, 0.717) is 6.42 Å². The number of benzene rings is 1. The van der Waals surface area contributed by atoms with E-state index in [1.165, 1.54) is 16.8 Å². The molecule has 0 spiro atoms. The van der Waals surface area contributed by atoms with Gasteiger partial charge in [0.15, 0.2) is 17.4 Å². The Bertz CT molecular complexity index is 1530. The molecule has 0 atom stereocenters. The molecule has 0 unspecified atom stereocenters. The molecular weight excluding hydrogens is 520 g/mol. The van der Waals surface area contributed by atoms with Crippen LogP contribution in [0.25, 0.3) is 0 Å². The van der Waals surface area contributed by atoms with Crippen molar-refractivity contribution in [1.29, 1.82) is 0 Å². The number of rotatable bonds is 6. The van der Waals surface area contributed by atoms with E-state index in [4.69, 9.17) is 0 Å². The highest BCUT2D eigenvalue weighted by Gasteiger charge is 2.33. The lowest BCUT2D eigenvalue weighted by molar-refractivity contribution is 0.333. The van der Waals surface area contributed by atoms with Crippen LogP contribution in [0.4, 0.5) is 17.2 Å². The number of hydrogen-bond donors (Lipinski definition) is 3. The fourth-order valence-electron chi connectivity index (χ4n) is 3.44. The summed E-state index contributed by atoms with van der Waals surface area (Å²) in [6.45, 7) is 12.0. The SMILES string of the molecule is CN(c1nn(CCC(C)(C)C)c(=O)c(C2=NS(=O)(=O)c3cc(NS(C)(=O)=O)ccc3N2)c1O)C(C)(C)C. The van der Waals surface area contributed by atoms with Crippen LogP contribution in [0.5, 0.6) is 5.75 Å². The van der Waals surface area contributed by atoms with Gasteiger partial charge >= 0.3 is 0 Å². The van der Waals surface area contributed by atoms with Gasteiger partial charge in [0.1, 0.15) is 10.5 Å². The summed E-state index contributed by atoms with van der Waals surface area (Å²) in [5.41, 5.74) is -1.52. The first-order valence-corrected chi connectivity index (χ1v) is 14.8. The Morgan fingerprint density at radius 3 is 2.32 bits per heavy atom. The smallest absolute Gasteiger partial charge is 0.286 e. The highest BCUT2D eigenvalue weighted by molar-refractivity contribution is 7.92. The second-order valence-corrected chi connectivity index (χ2v) is 14.6. The topological polar surface area (TPSA) is 163 Å². The molecule has 1 aliphatic heterocycles. The van der Waals surface area contributed by atoms with Gasteiger partial charge in [0.2, 0.25) is 10.0 Å². The van der Waals surface area contributed by atoms with Gasteiger partial charge in [0.25, 0.3) is 15.6 Å². The molecule has 12 nitrogen and oxygen atoms in total. The van der Waals surface area contributed by atoms with E-state index in [-0.39, 0.29) is 45.4 Å². The zero-order valence-electron chi connectivity index (χ0n) is 22.2. The van der Waals surface area contributed by atoms with E-state index in [9.17, 15) is 26.7 Å². The van der Waals surface area contributed by atoms with E-state index in [1.807, 2.05) is 41.5 Å². The van der Waals surface area contributed by atoms with Crippen LogP contribution in [0.1, 0.15) is 53.5 Å². The lowest BCUT2D eigenvalue weighted by atomic mass is 9.92. The Kier molecular flexibility index (Phi) is 7.16. The first-order chi connectivity index (χ1) is 16.7. The minimum atomic E-state index is -4.36. The molecule has 2 aromatic rings. The number of nitrogens with zero attached hydrogens (tertiary/aromatic N) is 4. The Morgan fingerprint density at radius 2 is 1.78 bits per heavy atom. The van der Waals surface area contributed by atoms with Crippen LogP contribution >= 0.6 is 0 Å². The third kappa shape index (κ3) is 6.42. The van der Waals surface area contributed by atoms with Crippen LogP contribution < -0.4 is 20.5 Å². The summed E-state index contributed by atoms with van der Waals surface area (Å²) in [5.74, 6) is -0.764. The van der Waals surface area contributed by atoms with Gasteiger partial charge in [-0.25, -0.2) is 13.1 Å². The van der Waals surface area contributed by atoms with Crippen molar-refractivity contribution in [3.63, 3.8) is 0 Å². The van der Waals surface area contributed by atoms with Crippen LogP contribution in [0.3, 0.4) is 0 Å². The standard InChI is InChI=1S/C23H34N6O6S2/c1-22(2,3)11-12-29-21(31)17(18(30)20(25-29)28(7)23(4,5)6)19-24-15-10-9-14(26-36(8,32)33)13-16(15)37(34,35)27-19/h9-10,13,26,30H,11-12H2,1-8H3,(H,24,27). The quantitative estimate of drug-likeness (QED) is 0.487. The number of nitrogens with one attached hydrogen (secondary N) is 2. The van der Waals surface area contributed by atoms with Crippen LogP contribution in [-0.2, 0) is 26.6 Å². The molecule has 0 aliphatic carbocycles. The molecule has 3 rings (SSSR count). The molecule has 1 aromatic heterocycles. The average Bonchev–Trinajstić information content (AvgIpc) is 2.70. The van der Waals surface area contributed by atoms with Gasteiger partial charge in [0, 0.05) is 24.8 Å². The Balaban J connectivity index is 2.21. The highest BCUT2D eigenvalue weighted by Crippen LogP contribution is 2.35. The molecule has 0 bridgehead atoms. The maximum atomic E-state index is 13.5. The van der Waals surface area contributed by atoms with Crippen molar-refractivity contribution in [2.24, 2.45) is 9.81 Å². The summed E-state index contributed by atoms with van der Waals surface area (Å²) in [4.78, 5) is 14.9. The van der Waals surface area contributed by atoms with Gasteiger partial charge < -0.3 is 15.3 Å². The lowest BCUT2D eigenvalue weighted by Gasteiger charge is -2.34. The maximum Gasteiger partial charge on any atom is 0.286 e. The largest absolute Gasteiger partial charge is 0.504 e. The molecule has 3 N–H and O–H groups in total. The first kappa shape index (κ1) is 28.4. The molecule has 2 heterocycles. The van der Waals surface area contributed by atoms with E-state index in [2.05, 4.69) is 19.5 Å². The highest BCUT2D eigenvalue weighted by atomic mass is 32.2. The summed E-state index contributed by atoms with van der Waals surface area (Å²) >= 11 is 0. The van der Waals surface area contributed by atoms with Crippen LogP contribution in [0.2, 0.25) is 0 Å². The fraction of sp³-hybridized carbons (Fsp3) is 0.522. The Hall–Kier alpha value is -3.13. The van der Waals surface area contributed by atoms with Crippen molar-refractivity contribution < 1.29 is 21.9 Å². The Morgan fingerprint density at radius 1 is 1.16 bits per heavy atom. The zero-order chi connectivity index (χ0) is 28.1. The summed E-state index contributed by atoms with van der Waals surface area (Å²) < 4.78 is 56.5. The molecule has 14 heteroatoms. The minimum absolute atomic E-state index is 0.0376. The van der Waals surface area contributed by atoms with Gasteiger partial charge in [-0.2, -0.15) is 8.42 Å². The second kappa shape index (κ2) is 9.31. The van der Waals surface area contributed by atoms with Gasteiger partial charge in [-0.1, -0.05) is 20.8 Å². The number of aromatic nitrogens is 2. The second-order valence-electron chi connectivity index (χ2n) is 11.2. The van der Waals surface area contributed by atoms with E-state index in [1.54, 1.807) is 11.9 Å². The van der Waals surface area contributed by atoms with Crippen LogP contribution in [0.15, 0.2) is 32.3 Å². The van der Waals surface area contributed by atoms with Crippen molar-refractivity contribution in [3.05, 3.63) is 34.1 Å². The summed E-state index contributed by atoms with van der Waals surface area (Å²) in [6.07, 6.45) is 1.54. The van der Waals surface area contributed by atoms with Gasteiger partial charge in [0.05, 0.1) is 11.9 Å². The van der Waals surface area contributed by atoms with Gasteiger partial charge in [-0.3, -0.25) is 9.52 Å². The monoisotopic (exact) mass is 554 g/mol. The molecule has 0 saturated heterocycles. The fourth-order valence-corrected chi connectivity index (χ4v) is 5.15. The molecule has 1 aromatic carbocycles. The van der Waals surface area contributed by atoms with Crippen molar-refractivity contribution in [2.45, 2.75) is 64.9 Å². The molecule has 204 valence electrons. The third-order valence-electron chi connectivity index (χ3n) is 5.77. The zero-order valence-corrected chi connectivity index (χ0v) is 23.9. The molecule has 1 aliphatic rings. The predicted octanol–water partition coefficient (Wildman–Crippen LogP) is 2.55. The molecule has 0 amide bonds. The van der Waals surface area contributed by atoms with Crippen LogP contribution in [-0.4, -0.2) is 56.4 Å². The molecule has 0 fully saturated rings. The third-order valence-corrected chi connectivity index (χ3v) is 7.70. The van der Waals surface area contributed by atoms with E-state index in [0.717, 1.165) is 12.3 Å². The molecule has 37 heavy (non-hydrogen) atoms. The number of amidine groups is 1. The molecular formula is C23H34N6O6S2. The number of anilines is 3. The summed E-state index contributed by atoms with van der Waals surface area (Å²) in [5, 5.41) is 18.4. The number of sulfonamides is 2. The maximum absolute atomic E-state index is 13.5. The van der Waals surface area contributed by atoms with E-state index >= 15 is 0 Å². The van der Waals surface area contributed by atoms with Crippen molar-refractivity contribution in [1.82, 2.24) is 9.78 Å². The normalized spacial score (nSPS) is 15.4. The summed E-state index contributed by atoms with van der Waals surface area (Å²) in [6, 6.07) is 3.86. The number of aryl methyl sites for hydroxylation is 1. The van der Waals surface area contributed by atoms with E-state index < -0.39 is 36.9 Å². The average molecular weight is 555 g/mol. The van der Waals surface area contributed by atoms with Crippen LogP contribution in [0, 0.1) is 5.41 Å². The number of aromatic hydroxyl groups is 1. The van der Waals surface area contributed by atoms with Gasteiger partial charge in [-0.15, -0.1) is 9.50 Å².